The second-order valence-corrected chi connectivity index (χ2v) is 16.0. The molecule has 0 radical (unpaired) electrons. The first-order valence-corrected chi connectivity index (χ1v) is 19.1. The maximum atomic E-state index is 14.2. The molecular weight excluding hydrogens is 649 g/mol. The van der Waals surface area contributed by atoms with Crippen LogP contribution in [0.5, 0.6) is 0 Å². The summed E-state index contributed by atoms with van der Waals surface area (Å²) in [7, 11) is 0. The SMILES string of the molecule is CC(C)C[C@H](NC(=O)[C@H](CCc1ccccc1)CC(=O)Cc1ccccc1)C(=O)C[C@@H](Cc1ccccc1)C(=O)N[C@@H](CC(C)C)C(=O)C1(C)CC1. The van der Waals surface area contributed by atoms with Crippen LogP contribution < -0.4 is 10.6 Å². The summed E-state index contributed by atoms with van der Waals surface area (Å²) < 4.78 is 0. The van der Waals surface area contributed by atoms with Crippen LogP contribution in [-0.2, 0) is 43.2 Å². The van der Waals surface area contributed by atoms with Crippen LogP contribution in [0, 0.1) is 29.1 Å². The minimum absolute atomic E-state index is 0.0312. The lowest BCUT2D eigenvalue weighted by atomic mass is 9.87. The molecule has 0 aromatic heterocycles. The van der Waals surface area contributed by atoms with E-state index in [1.54, 1.807) is 0 Å². The molecule has 4 atom stereocenters. The molecule has 3 aromatic carbocycles. The number of hydrogen-bond acceptors (Lipinski definition) is 5. The van der Waals surface area contributed by atoms with Crippen LogP contribution in [0.15, 0.2) is 91.0 Å². The van der Waals surface area contributed by atoms with Crippen molar-refractivity contribution in [1.82, 2.24) is 10.6 Å². The van der Waals surface area contributed by atoms with E-state index in [0.29, 0.717) is 32.1 Å². The molecule has 0 aliphatic heterocycles. The Hall–Kier alpha value is -4.39. The summed E-state index contributed by atoms with van der Waals surface area (Å²) >= 11 is 0. The number of ketones is 3. The van der Waals surface area contributed by atoms with Gasteiger partial charge in [0, 0.05) is 36.5 Å². The van der Waals surface area contributed by atoms with Gasteiger partial charge in [-0.05, 0) is 73.5 Å². The molecule has 52 heavy (non-hydrogen) atoms. The lowest BCUT2D eigenvalue weighted by Crippen LogP contribution is -2.49. The Labute approximate surface area is 310 Å². The number of aryl methyl sites for hydroxylation is 1. The third-order valence-electron chi connectivity index (χ3n) is 10.2. The molecule has 2 N–H and O–H groups in total. The second kappa shape index (κ2) is 19.4. The van der Waals surface area contributed by atoms with Crippen molar-refractivity contribution in [2.24, 2.45) is 29.1 Å². The van der Waals surface area contributed by atoms with Gasteiger partial charge in [0.1, 0.15) is 5.78 Å². The number of Topliss-reactive ketones (excluding diaryl/α,β-unsaturated/α-hetero) is 3. The molecule has 3 aromatic rings. The fraction of sp³-hybridized carbons (Fsp3) is 0.489. The van der Waals surface area contributed by atoms with Gasteiger partial charge in [0.15, 0.2) is 11.6 Å². The van der Waals surface area contributed by atoms with Crippen molar-refractivity contribution < 1.29 is 24.0 Å². The zero-order valence-electron chi connectivity index (χ0n) is 31.7. The van der Waals surface area contributed by atoms with Crippen LogP contribution in [0.4, 0.5) is 0 Å². The lowest BCUT2D eigenvalue weighted by molar-refractivity contribution is -0.135. The number of carbonyl (C=O) groups excluding carboxylic acids is 5. The van der Waals surface area contributed by atoms with E-state index < -0.39 is 29.3 Å². The van der Waals surface area contributed by atoms with Crippen molar-refractivity contribution >= 4 is 29.2 Å². The highest BCUT2D eigenvalue weighted by Crippen LogP contribution is 2.47. The Morgan fingerprint density at radius 3 is 1.63 bits per heavy atom. The Bertz CT molecular complexity index is 1620. The Morgan fingerprint density at radius 2 is 1.10 bits per heavy atom. The monoisotopic (exact) mass is 706 g/mol. The fourth-order valence-corrected chi connectivity index (χ4v) is 6.90. The predicted molar refractivity (Wildman–Crippen MR) is 206 cm³/mol. The van der Waals surface area contributed by atoms with E-state index in [1.165, 1.54) is 0 Å². The minimum Gasteiger partial charge on any atom is -0.346 e. The average Bonchev–Trinajstić information content (AvgIpc) is 3.87. The molecule has 1 aliphatic rings. The standard InChI is InChI=1S/C45H58N2O5/c1-31(2)25-39(46-43(51)36(22-21-33-15-9-6-10-16-33)29-38(48)28-35-19-13-8-14-20-35)41(49)30-37(27-34-17-11-7-12-18-34)44(52)47-40(26-32(3)4)42(50)45(5)23-24-45/h6-20,31-32,36-37,39-40H,21-30H2,1-5H3,(H,46,51)(H,47,52)/t36-,37-,39+,40+/m1/s1. The number of carbonyl (C=O) groups is 5. The Kier molecular flexibility index (Phi) is 15.1. The van der Waals surface area contributed by atoms with E-state index in [9.17, 15) is 24.0 Å². The third kappa shape index (κ3) is 13.0. The highest BCUT2D eigenvalue weighted by Gasteiger charge is 2.48. The molecule has 1 saturated carbocycles. The van der Waals surface area contributed by atoms with Crippen LogP contribution in [0.1, 0.15) is 96.3 Å². The summed E-state index contributed by atoms with van der Waals surface area (Å²) in [5.74, 6) is -1.88. The third-order valence-corrected chi connectivity index (χ3v) is 10.2. The molecule has 0 spiro atoms. The van der Waals surface area contributed by atoms with E-state index in [4.69, 9.17) is 0 Å². The normalized spacial score (nSPS) is 15.7. The van der Waals surface area contributed by atoms with E-state index in [1.807, 2.05) is 126 Å². The number of nitrogens with one attached hydrogen (secondary N) is 2. The van der Waals surface area contributed by atoms with Crippen molar-refractivity contribution in [3.63, 3.8) is 0 Å². The molecule has 0 bridgehead atoms. The van der Waals surface area contributed by atoms with Gasteiger partial charge < -0.3 is 10.6 Å². The van der Waals surface area contributed by atoms with Crippen LogP contribution in [-0.4, -0.2) is 41.2 Å². The van der Waals surface area contributed by atoms with Gasteiger partial charge >= 0.3 is 0 Å². The minimum atomic E-state index is -0.819. The van der Waals surface area contributed by atoms with Gasteiger partial charge in [0.25, 0.3) is 0 Å². The van der Waals surface area contributed by atoms with Crippen molar-refractivity contribution in [1.29, 1.82) is 0 Å². The summed E-state index contributed by atoms with van der Waals surface area (Å²) in [6.45, 7) is 10.0. The first-order chi connectivity index (χ1) is 24.8. The second-order valence-electron chi connectivity index (χ2n) is 16.0. The van der Waals surface area contributed by atoms with Gasteiger partial charge in [-0.15, -0.1) is 0 Å². The van der Waals surface area contributed by atoms with Crippen molar-refractivity contribution in [2.75, 3.05) is 0 Å². The van der Waals surface area contributed by atoms with Gasteiger partial charge in [-0.3, -0.25) is 24.0 Å². The molecule has 7 nitrogen and oxygen atoms in total. The molecule has 0 unspecified atom stereocenters. The van der Waals surface area contributed by atoms with Crippen molar-refractivity contribution in [3.05, 3.63) is 108 Å². The fourth-order valence-electron chi connectivity index (χ4n) is 6.90. The largest absolute Gasteiger partial charge is 0.346 e. The summed E-state index contributed by atoms with van der Waals surface area (Å²) in [4.78, 5) is 69.1. The van der Waals surface area contributed by atoms with E-state index in [-0.39, 0.29) is 60.3 Å². The summed E-state index contributed by atoms with van der Waals surface area (Å²) in [6, 6.07) is 27.5. The highest BCUT2D eigenvalue weighted by molar-refractivity contribution is 5.97. The van der Waals surface area contributed by atoms with Crippen LogP contribution >= 0.6 is 0 Å². The molecule has 1 fully saturated rings. The van der Waals surface area contributed by atoms with Gasteiger partial charge in [-0.25, -0.2) is 0 Å². The van der Waals surface area contributed by atoms with Crippen LogP contribution in [0.25, 0.3) is 0 Å². The van der Waals surface area contributed by atoms with Gasteiger partial charge in [-0.2, -0.15) is 0 Å². The maximum Gasteiger partial charge on any atom is 0.224 e. The van der Waals surface area contributed by atoms with Gasteiger partial charge in [0.05, 0.1) is 12.1 Å². The number of hydrogen-bond donors (Lipinski definition) is 2. The number of rotatable bonds is 22. The molecule has 4 rings (SSSR count). The molecule has 2 amide bonds. The maximum absolute atomic E-state index is 14.2. The topological polar surface area (TPSA) is 109 Å². The van der Waals surface area contributed by atoms with E-state index in [0.717, 1.165) is 29.5 Å². The van der Waals surface area contributed by atoms with Crippen LogP contribution in [0.3, 0.4) is 0 Å². The smallest absolute Gasteiger partial charge is 0.224 e. The molecule has 0 heterocycles. The summed E-state index contributed by atoms with van der Waals surface area (Å²) in [5, 5.41) is 6.12. The first kappa shape index (κ1) is 40.4. The predicted octanol–water partition coefficient (Wildman–Crippen LogP) is 7.69. The zero-order valence-corrected chi connectivity index (χ0v) is 31.7. The molecule has 0 saturated heterocycles. The first-order valence-electron chi connectivity index (χ1n) is 19.1. The quantitative estimate of drug-likeness (QED) is 0.111. The van der Waals surface area contributed by atoms with Crippen molar-refractivity contribution in [2.45, 2.75) is 111 Å². The number of amides is 2. The van der Waals surface area contributed by atoms with E-state index >= 15 is 0 Å². The van der Waals surface area contributed by atoms with Crippen LogP contribution in [0.2, 0.25) is 0 Å². The molecule has 7 heteroatoms. The summed E-state index contributed by atoms with van der Waals surface area (Å²) in [6.07, 6.45) is 4.21. The average molecular weight is 707 g/mol. The van der Waals surface area contributed by atoms with E-state index in [2.05, 4.69) is 10.6 Å². The lowest BCUT2D eigenvalue weighted by Gasteiger charge is -2.27. The zero-order chi connectivity index (χ0) is 37.7. The number of benzene rings is 3. The Balaban J connectivity index is 1.53. The Morgan fingerprint density at radius 1 is 0.615 bits per heavy atom. The summed E-state index contributed by atoms with van der Waals surface area (Å²) in [5.41, 5.74) is 2.49. The van der Waals surface area contributed by atoms with Gasteiger partial charge in [-0.1, -0.05) is 126 Å². The molecule has 1 aliphatic carbocycles. The highest BCUT2D eigenvalue weighted by atomic mass is 16.2. The molecular formula is C45H58N2O5. The molecule has 278 valence electrons. The van der Waals surface area contributed by atoms with Crippen molar-refractivity contribution in [3.8, 4) is 0 Å². The van der Waals surface area contributed by atoms with Gasteiger partial charge in [0.2, 0.25) is 11.8 Å².